The lowest BCUT2D eigenvalue weighted by Crippen LogP contribution is -1.92. The van der Waals surface area contributed by atoms with Crippen LogP contribution in [0.15, 0.2) is 54.6 Å². The number of aromatic nitrogens is 4. The van der Waals surface area contributed by atoms with Crippen LogP contribution in [0, 0.1) is 0 Å². The maximum Gasteiger partial charge on any atom is 0.204 e. The van der Waals surface area contributed by atoms with Crippen LogP contribution in [0.3, 0.4) is 0 Å². The Morgan fingerprint density at radius 1 is 0.531 bits per heavy atom. The summed E-state index contributed by atoms with van der Waals surface area (Å²) in [6.07, 6.45) is 20.2. The Labute approximate surface area is 194 Å². The van der Waals surface area contributed by atoms with Crippen LogP contribution in [-0.2, 0) is 12.8 Å². The molecule has 1 N–H and O–H groups in total. The number of unbranched alkanes of at least 4 members (excludes halogenated alkanes) is 12. The average Bonchev–Trinajstić information content (AvgIpc) is 3.37. The highest BCUT2D eigenvalue weighted by Gasteiger charge is 2.08. The van der Waals surface area contributed by atoms with Crippen LogP contribution in [0.1, 0.15) is 94.6 Å². The summed E-state index contributed by atoms with van der Waals surface area (Å²) in [6, 6.07) is 19.3. The van der Waals surface area contributed by atoms with Crippen LogP contribution in [0.2, 0.25) is 0 Å². The molecule has 0 radical (unpaired) electrons. The van der Waals surface area contributed by atoms with Gasteiger partial charge in [-0.15, -0.1) is 10.2 Å². The van der Waals surface area contributed by atoms with Crippen molar-refractivity contribution >= 4 is 0 Å². The summed E-state index contributed by atoms with van der Waals surface area (Å²) < 4.78 is 0. The second-order valence-electron chi connectivity index (χ2n) is 8.97. The minimum absolute atomic E-state index is 0.702. The molecular weight excluding hydrogens is 392 g/mol. The lowest BCUT2D eigenvalue weighted by Gasteiger charge is -2.06. The molecule has 0 saturated carbocycles. The summed E-state index contributed by atoms with van der Waals surface area (Å²) in [7, 11) is 0. The third kappa shape index (κ3) is 9.33. The number of rotatable bonds is 17. The van der Waals surface area contributed by atoms with Crippen molar-refractivity contribution in [2.75, 3.05) is 0 Å². The van der Waals surface area contributed by atoms with Gasteiger partial charge in [0.1, 0.15) is 0 Å². The van der Waals surface area contributed by atoms with E-state index < -0.39 is 0 Å². The van der Waals surface area contributed by atoms with E-state index >= 15 is 0 Å². The summed E-state index contributed by atoms with van der Waals surface area (Å²) in [5, 5.41) is 14.5. The molecule has 0 saturated heterocycles. The molecule has 2 aromatic carbocycles. The number of H-pyrrole nitrogens is 1. The van der Waals surface area contributed by atoms with Crippen LogP contribution >= 0.6 is 0 Å². The first-order chi connectivity index (χ1) is 15.9. The Morgan fingerprint density at radius 2 is 1.06 bits per heavy atom. The van der Waals surface area contributed by atoms with Crippen molar-refractivity contribution in [2.24, 2.45) is 0 Å². The van der Waals surface area contributed by atoms with Gasteiger partial charge in [0.15, 0.2) is 0 Å². The van der Waals surface area contributed by atoms with Gasteiger partial charge in [0.25, 0.3) is 0 Å². The number of aryl methyl sites for hydroxylation is 2. The van der Waals surface area contributed by atoms with E-state index in [1.54, 1.807) is 0 Å². The maximum absolute atomic E-state index is 4.13. The normalized spacial score (nSPS) is 11.1. The summed E-state index contributed by atoms with van der Waals surface area (Å²) in [6.45, 7) is 0. The van der Waals surface area contributed by atoms with E-state index in [9.17, 15) is 0 Å². The predicted octanol–water partition coefficient (Wildman–Crippen LogP) is 7.72. The molecule has 0 aliphatic carbocycles. The van der Waals surface area contributed by atoms with Crippen LogP contribution in [-0.4, -0.2) is 20.6 Å². The van der Waals surface area contributed by atoms with Crippen molar-refractivity contribution in [3.63, 3.8) is 0 Å². The molecule has 4 heteroatoms. The molecule has 0 spiro atoms. The lowest BCUT2D eigenvalue weighted by molar-refractivity contribution is 0.536. The van der Waals surface area contributed by atoms with Gasteiger partial charge in [-0.2, -0.15) is 5.21 Å². The Bertz CT molecular complexity index is 830. The van der Waals surface area contributed by atoms with Crippen molar-refractivity contribution in [3.8, 4) is 11.4 Å². The van der Waals surface area contributed by atoms with Gasteiger partial charge < -0.3 is 0 Å². The highest BCUT2D eigenvalue weighted by Crippen LogP contribution is 2.21. The zero-order valence-electron chi connectivity index (χ0n) is 19.6. The van der Waals surface area contributed by atoms with E-state index in [1.807, 2.05) is 6.07 Å². The van der Waals surface area contributed by atoms with Crippen LogP contribution in [0.25, 0.3) is 11.4 Å². The first kappa shape index (κ1) is 24.2. The Kier molecular flexibility index (Phi) is 11.6. The molecule has 0 aliphatic rings. The molecule has 0 unspecified atom stereocenters. The fraction of sp³-hybridized carbons (Fsp3) is 0.536. The zero-order chi connectivity index (χ0) is 22.1. The van der Waals surface area contributed by atoms with Crippen molar-refractivity contribution in [1.29, 1.82) is 0 Å². The molecular formula is C28H40N4. The van der Waals surface area contributed by atoms with Crippen LogP contribution in [0.5, 0.6) is 0 Å². The minimum atomic E-state index is 0.702. The second-order valence-corrected chi connectivity index (χ2v) is 8.97. The Hall–Kier alpha value is -2.49. The standard InChI is InChI=1S/C28H40N4/c1(2-4-6-8-10-13-19-25-20-14-12-15-21-25)3-5-7-9-11-16-22-26-23-17-18-24-27(26)28-29-31-32-30-28/h12,14-15,17-18,20-21,23-24H,1-11,13,16,19,22H2,(H,29,30,31,32). The molecule has 3 rings (SSSR count). The first-order valence-electron chi connectivity index (χ1n) is 12.8. The van der Waals surface area contributed by atoms with Crippen molar-refractivity contribution in [3.05, 3.63) is 65.7 Å². The van der Waals surface area contributed by atoms with Gasteiger partial charge in [-0.25, -0.2) is 0 Å². The monoisotopic (exact) mass is 432 g/mol. The number of aromatic amines is 1. The lowest BCUT2D eigenvalue weighted by atomic mass is 9.99. The van der Waals surface area contributed by atoms with Gasteiger partial charge in [-0.3, -0.25) is 0 Å². The summed E-state index contributed by atoms with van der Waals surface area (Å²) in [5.41, 5.74) is 3.92. The van der Waals surface area contributed by atoms with Gasteiger partial charge in [-0.05, 0) is 42.0 Å². The molecule has 0 atom stereocenters. The SMILES string of the molecule is c1ccc(CCCCCCCCCCCCCCCc2ccccc2-c2nn[nH]n2)cc1. The topological polar surface area (TPSA) is 54.5 Å². The van der Waals surface area contributed by atoms with Gasteiger partial charge in [0.05, 0.1) is 0 Å². The average molecular weight is 433 g/mol. The van der Waals surface area contributed by atoms with Gasteiger partial charge in [0.2, 0.25) is 5.82 Å². The largest absolute Gasteiger partial charge is 0.204 e. The van der Waals surface area contributed by atoms with Crippen LogP contribution < -0.4 is 0 Å². The quantitative estimate of drug-likeness (QED) is 0.222. The number of nitrogens with one attached hydrogen (secondary N) is 1. The van der Waals surface area contributed by atoms with Crippen molar-refractivity contribution in [2.45, 2.75) is 96.3 Å². The molecule has 32 heavy (non-hydrogen) atoms. The molecule has 3 aromatic rings. The smallest absolute Gasteiger partial charge is 0.177 e. The molecule has 0 amide bonds. The number of tetrazole rings is 1. The fourth-order valence-corrected chi connectivity index (χ4v) is 4.47. The van der Waals surface area contributed by atoms with Gasteiger partial charge in [0, 0.05) is 5.56 Å². The molecule has 0 fully saturated rings. The van der Waals surface area contributed by atoms with E-state index in [0.717, 1.165) is 12.0 Å². The summed E-state index contributed by atoms with van der Waals surface area (Å²) >= 11 is 0. The second kappa shape index (κ2) is 15.3. The van der Waals surface area contributed by atoms with E-state index in [4.69, 9.17) is 0 Å². The summed E-state index contributed by atoms with van der Waals surface area (Å²) in [4.78, 5) is 0. The van der Waals surface area contributed by atoms with E-state index in [0.29, 0.717) is 5.82 Å². The number of benzene rings is 2. The molecule has 0 aliphatic heterocycles. The van der Waals surface area contributed by atoms with E-state index in [-0.39, 0.29) is 0 Å². The van der Waals surface area contributed by atoms with Gasteiger partial charge in [-0.1, -0.05) is 125 Å². The third-order valence-corrected chi connectivity index (χ3v) is 6.36. The molecule has 1 heterocycles. The zero-order valence-corrected chi connectivity index (χ0v) is 19.6. The molecule has 1 aromatic heterocycles. The van der Waals surface area contributed by atoms with E-state index in [1.165, 1.54) is 101 Å². The third-order valence-electron chi connectivity index (χ3n) is 6.36. The maximum atomic E-state index is 4.13. The summed E-state index contributed by atoms with van der Waals surface area (Å²) in [5.74, 6) is 0.702. The Morgan fingerprint density at radius 3 is 1.66 bits per heavy atom. The number of hydrogen-bond acceptors (Lipinski definition) is 3. The first-order valence-corrected chi connectivity index (χ1v) is 12.8. The van der Waals surface area contributed by atoms with Crippen LogP contribution in [0.4, 0.5) is 0 Å². The van der Waals surface area contributed by atoms with E-state index in [2.05, 4.69) is 69.2 Å². The highest BCUT2D eigenvalue weighted by molar-refractivity contribution is 5.59. The van der Waals surface area contributed by atoms with Gasteiger partial charge >= 0.3 is 0 Å². The minimum Gasteiger partial charge on any atom is -0.177 e. The fourth-order valence-electron chi connectivity index (χ4n) is 4.47. The molecule has 0 bridgehead atoms. The van der Waals surface area contributed by atoms with Crippen molar-refractivity contribution in [1.82, 2.24) is 20.6 Å². The predicted molar refractivity (Wildman–Crippen MR) is 133 cm³/mol. The molecule has 172 valence electrons. The van der Waals surface area contributed by atoms with Crippen molar-refractivity contribution < 1.29 is 0 Å². The Balaban J connectivity index is 1.10. The number of nitrogens with zero attached hydrogens (tertiary/aromatic N) is 3. The highest BCUT2D eigenvalue weighted by atomic mass is 15.5. The number of hydrogen-bond donors (Lipinski definition) is 1. The molecule has 4 nitrogen and oxygen atoms in total.